The molecule has 1 N–H and O–H groups in total. The maximum atomic E-state index is 5.39. The van der Waals surface area contributed by atoms with Crippen LogP contribution in [0.3, 0.4) is 0 Å². The summed E-state index contributed by atoms with van der Waals surface area (Å²) in [5, 5.41) is 4.42. The lowest BCUT2D eigenvalue weighted by Crippen LogP contribution is -2.04. The largest absolute Gasteiger partial charge is 0.358 e. The van der Waals surface area contributed by atoms with Crippen molar-refractivity contribution in [2.75, 3.05) is 11.9 Å². The molecule has 0 saturated heterocycles. The van der Waals surface area contributed by atoms with Gasteiger partial charge in [0.25, 0.3) is 0 Å². The zero-order chi connectivity index (χ0) is 14.9. The first-order valence-corrected chi connectivity index (χ1v) is 8.08. The Labute approximate surface area is 132 Å². The normalized spacial score (nSPS) is 13.0. The van der Waals surface area contributed by atoms with Crippen LogP contribution in [0.25, 0.3) is 21.6 Å². The van der Waals surface area contributed by atoms with Crippen molar-refractivity contribution >= 4 is 27.4 Å². The first-order valence-electron chi connectivity index (χ1n) is 7.27. The van der Waals surface area contributed by atoms with Gasteiger partial charge in [-0.15, -0.1) is 17.8 Å². The summed E-state index contributed by atoms with van der Waals surface area (Å²) in [7, 11) is 0. The van der Waals surface area contributed by atoms with Crippen molar-refractivity contribution in [2.45, 2.75) is 19.3 Å². The van der Waals surface area contributed by atoms with Gasteiger partial charge in [-0.3, -0.25) is 4.98 Å². The molecule has 1 aliphatic carbocycles. The van der Waals surface area contributed by atoms with Crippen molar-refractivity contribution in [3.63, 3.8) is 0 Å². The Morgan fingerprint density at radius 1 is 1.32 bits per heavy atom. The first kappa shape index (κ1) is 13.2. The maximum absolute atomic E-state index is 5.39. The third-order valence-electron chi connectivity index (χ3n) is 3.84. The van der Waals surface area contributed by atoms with Gasteiger partial charge in [0.2, 0.25) is 0 Å². The second-order valence-corrected chi connectivity index (χ2v) is 6.32. The van der Waals surface area contributed by atoms with E-state index in [9.17, 15) is 0 Å². The van der Waals surface area contributed by atoms with Crippen LogP contribution in [0.1, 0.15) is 16.9 Å². The molecule has 0 bridgehead atoms. The van der Waals surface area contributed by atoms with Gasteiger partial charge in [-0.25, -0.2) is 9.97 Å². The molecule has 108 valence electrons. The molecule has 3 aromatic rings. The number of rotatable bonds is 3. The van der Waals surface area contributed by atoms with Gasteiger partial charge >= 0.3 is 0 Å². The summed E-state index contributed by atoms with van der Waals surface area (Å²) in [6.45, 7) is 0.462. The van der Waals surface area contributed by atoms with Gasteiger partial charge in [-0.1, -0.05) is 5.92 Å². The summed E-state index contributed by atoms with van der Waals surface area (Å²) in [6.07, 6.45) is 12.4. The molecule has 4 nitrogen and oxygen atoms in total. The topological polar surface area (TPSA) is 50.7 Å². The van der Waals surface area contributed by atoms with Crippen molar-refractivity contribution in [3.8, 4) is 23.7 Å². The third kappa shape index (κ3) is 2.13. The summed E-state index contributed by atoms with van der Waals surface area (Å²) < 4.78 is 0. The van der Waals surface area contributed by atoms with Crippen molar-refractivity contribution < 1.29 is 0 Å². The molecule has 0 aromatic carbocycles. The van der Waals surface area contributed by atoms with Crippen LogP contribution in [0.15, 0.2) is 24.5 Å². The fourth-order valence-electron chi connectivity index (χ4n) is 2.88. The standard InChI is InChI=1S/C17H14N4S/c1-2-8-19-16-14-12-6-3-7-13(12)22-17(14)21-15(20-16)11-5-4-9-18-10-11/h1,4-5,9-10H,3,6-8H2,(H,19,20,21). The zero-order valence-electron chi connectivity index (χ0n) is 12.0. The van der Waals surface area contributed by atoms with E-state index in [1.54, 1.807) is 23.7 Å². The second kappa shape index (κ2) is 5.39. The number of thiophene rings is 1. The summed E-state index contributed by atoms with van der Waals surface area (Å²) in [5.41, 5.74) is 2.32. The van der Waals surface area contributed by atoms with Gasteiger partial charge in [-0.05, 0) is 37.0 Å². The number of hydrogen-bond donors (Lipinski definition) is 1. The van der Waals surface area contributed by atoms with Crippen molar-refractivity contribution in [1.29, 1.82) is 0 Å². The van der Waals surface area contributed by atoms with E-state index >= 15 is 0 Å². The number of fused-ring (bicyclic) bond motifs is 3. The van der Waals surface area contributed by atoms with E-state index < -0.39 is 0 Å². The fraction of sp³-hybridized carbons (Fsp3) is 0.235. The van der Waals surface area contributed by atoms with Crippen molar-refractivity contribution in [2.24, 2.45) is 0 Å². The molecule has 0 unspecified atom stereocenters. The van der Waals surface area contributed by atoms with Gasteiger partial charge in [0.05, 0.1) is 11.9 Å². The number of terminal acetylenes is 1. The molecule has 0 spiro atoms. The minimum atomic E-state index is 0.462. The van der Waals surface area contributed by atoms with Gasteiger partial charge in [0.15, 0.2) is 5.82 Å². The summed E-state index contributed by atoms with van der Waals surface area (Å²) in [5.74, 6) is 4.16. The lowest BCUT2D eigenvalue weighted by Gasteiger charge is -2.08. The quantitative estimate of drug-likeness (QED) is 0.754. The van der Waals surface area contributed by atoms with E-state index in [-0.39, 0.29) is 0 Å². The van der Waals surface area contributed by atoms with E-state index in [0.29, 0.717) is 12.4 Å². The van der Waals surface area contributed by atoms with Gasteiger partial charge in [0.1, 0.15) is 10.6 Å². The van der Waals surface area contributed by atoms with Crippen LogP contribution in [-0.2, 0) is 12.8 Å². The Morgan fingerprint density at radius 2 is 2.27 bits per heavy atom. The minimum Gasteiger partial charge on any atom is -0.358 e. The van der Waals surface area contributed by atoms with Crippen LogP contribution in [0.4, 0.5) is 5.82 Å². The molecular formula is C17H14N4S. The molecule has 0 fully saturated rings. The fourth-order valence-corrected chi connectivity index (χ4v) is 4.14. The highest BCUT2D eigenvalue weighted by Gasteiger charge is 2.22. The average molecular weight is 306 g/mol. The molecule has 0 amide bonds. The second-order valence-electron chi connectivity index (χ2n) is 5.23. The van der Waals surface area contributed by atoms with Crippen LogP contribution < -0.4 is 5.32 Å². The van der Waals surface area contributed by atoms with E-state index in [1.807, 2.05) is 12.1 Å². The number of nitrogens with one attached hydrogen (secondary N) is 1. The van der Waals surface area contributed by atoms with Crippen LogP contribution in [0, 0.1) is 12.3 Å². The predicted molar refractivity (Wildman–Crippen MR) is 90.0 cm³/mol. The number of hydrogen-bond acceptors (Lipinski definition) is 5. The zero-order valence-corrected chi connectivity index (χ0v) is 12.8. The highest BCUT2D eigenvalue weighted by molar-refractivity contribution is 7.19. The summed E-state index contributed by atoms with van der Waals surface area (Å²) in [4.78, 5) is 16.1. The number of anilines is 1. The molecule has 22 heavy (non-hydrogen) atoms. The molecule has 3 heterocycles. The third-order valence-corrected chi connectivity index (χ3v) is 5.03. The number of nitrogens with zero attached hydrogens (tertiary/aromatic N) is 3. The molecule has 0 radical (unpaired) electrons. The molecular weight excluding hydrogens is 292 g/mol. The smallest absolute Gasteiger partial charge is 0.164 e. The first-order chi connectivity index (χ1) is 10.9. The molecule has 3 aromatic heterocycles. The Balaban J connectivity index is 1.93. The van der Waals surface area contributed by atoms with Gasteiger partial charge < -0.3 is 5.32 Å². The van der Waals surface area contributed by atoms with E-state index in [0.717, 1.165) is 34.4 Å². The van der Waals surface area contributed by atoms with Crippen molar-refractivity contribution in [3.05, 3.63) is 35.0 Å². The molecule has 0 atom stereocenters. The molecule has 0 aliphatic heterocycles. The SMILES string of the molecule is C#CCNc1nc(-c2cccnc2)nc2sc3c(c12)CCC3. The predicted octanol–water partition coefficient (Wildman–Crippen LogP) is 3.29. The summed E-state index contributed by atoms with van der Waals surface area (Å²) >= 11 is 1.78. The molecule has 5 heteroatoms. The van der Waals surface area contributed by atoms with E-state index in [2.05, 4.69) is 16.2 Å². The number of pyridine rings is 1. The van der Waals surface area contributed by atoms with Crippen LogP contribution in [-0.4, -0.2) is 21.5 Å². The highest BCUT2D eigenvalue weighted by atomic mass is 32.1. The number of aromatic nitrogens is 3. The van der Waals surface area contributed by atoms with E-state index in [1.165, 1.54) is 16.9 Å². The lowest BCUT2D eigenvalue weighted by molar-refractivity contribution is 0.917. The monoisotopic (exact) mass is 306 g/mol. The summed E-state index contributed by atoms with van der Waals surface area (Å²) in [6, 6.07) is 3.87. The van der Waals surface area contributed by atoms with Crippen LogP contribution >= 0.6 is 11.3 Å². The Hall–Kier alpha value is -2.45. The Morgan fingerprint density at radius 3 is 3.09 bits per heavy atom. The molecule has 0 saturated carbocycles. The Bertz CT molecular complexity index is 877. The Kier molecular flexibility index (Phi) is 3.24. The maximum Gasteiger partial charge on any atom is 0.164 e. The molecule has 1 aliphatic rings. The molecule has 4 rings (SSSR count). The highest BCUT2D eigenvalue weighted by Crippen LogP contribution is 2.40. The number of aryl methyl sites for hydroxylation is 2. The minimum absolute atomic E-state index is 0.462. The van der Waals surface area contributed by atoms with Gasteiger partial charge in [0, 0.05) is 22.8 Å². The average Bonchev–Trinajstić information content (AvgIpc) is 3.13. The van der Waals surface area contributed by atoms with Crippen LogP contribution in [0.5, 0.6) is 0 Å². The van der Waals surface area contributed by atoms with Crippen LogP contribution in [0.2, 0.25) is 0 Å². The van der Waals surface area contributed by atoms with Crippen molar-refractivity contribution in [1.82, 2.24) is 15.0 Å². The lowest BCUT2D eigenvalue weighted by atomic mass is 10.2. The van der Waals surface area contributed by atoms with E-state index in [4.69, 9.17) is 16.4 Å². The van der Waals surface area contributed by atoms with Gasteiger partial charge in [-0.2, -0.15) is 0 Å².